The summed E-state index contributed by atoms with van der Waals surface area (Å²) in [7, 11) is -4.73. The standard InChI is InChI=1S/C23H19F3N2O4S/c1-14(27-21(29)17-6-12-20(13-7-17)33(31,32)23(25)26)15-4-10-19(11-5-15)28-22(30)16-2-8-18(24)9-3-16/h2-14,23H,1H3,(H,27,29)(H,28,30). The van der Waals surface area contributed by atoms with E-state index >= 15 is 0 Å². The van der Waals surface area contributed by atoms with Crippen molar-refractivity contribution in [2.24, 2.45) is 0 Å². The van der Waals surface area contributed by atoms with Gasteiger partial charge in [0.25, 0.3) is 11.8 Å². The molecule has 0 aliphatic heterocycles. The first-order chi connectivity index (χ1) is 15.6. The lowest BCUT2D eigenvalue weighted by atomic mass is 10.1. The number of benzene rings is 3. The molecule has 0 saturated heterocycles. The van der Waals surface area contributed by atoms with Gasteiger partial charge in [-0.25, -0.2) is 12.8 Å². The molecule has 172 valence electrons. The molecule has 0 radical (unpaired) electrons. The van der Waals surface area contributed by atoms with Crippen LogP contribution in [0.25, 0.3) is 0 Å². The zero-order chi connectivity index (χ0) is 24.2. The van der Waals surface area contributed by atoms with Gasteiger partial charge in [-0.05, 0) is 73.2 Å². The predicted octanol–water partition coefficient (Wildman–Crippen LogP) is 4.57. The lowest BCUT2D eigenvalue weighted by Gasteiger charge is -2.15. The maximum Gasteiger partial charge on any atom is 0.341 e. The molecule has 33 heavy (non-hydrogen) atoms. The maximum absolute atomic E-state index is 13.0. The van der Waals surface area contributed by atoms with E-state index in [1.165, 1.54) is 24.3 Å². The molecule has 0 heterocycles. The molecular weight excluding hydrogens is 457 g/mol. The second-order valence-electron chi connectivity index (χ2n) is 7.11. The van der Waals surface area contributed by atoms with Crippen LogP contribution in [0.4, 0.5) is 18.9 Å². The van der Waals surface area contributed by atoms with Gasteiger partial charge < -0.3 is 10.6 Å². The van der Waals surface area contributed by atoms with Crippen LogP contribution in [0, 0.1) is 5.82 Å². The number of halogens is 3. The van der Waals surface area contributed by atoms with Crippen molar-refractivity contribution in [2.75, 3.05) is 5.32 Å². The van der Waals surface area contributed by atoms with Gasteiger partial charge in [-0.1, -0.05) is 12.1 Å². The number of amides is 2. The molecule has 0 saturated carbocycles. The van der Waals surface area contributed by atoms with Crippen molar-refractivity contribution in [3.63, 3.8) is 0 Å². The smallest absolute Gasteiger partial charge is 0.341 e. The molecule has 6 nitrogen and oxygen atoms in total. The second-order valence-corrected chi connectivity index (χ2v) is 9.03. The molecule has 0 aliphatic rings. The topological polar surface area (TPSA) is 92.3 Å². The summed E-state index contributed by atoms with van der Waals surface area (Å²) in [6, 6.07) is 15.6. The van der Waals surface area contributed by atoms with Crippen molar-refractivity contribution >= 4 is 27.3 Å². The third kappa shape index (κ3) is 5.78. The van der Waals surface area contributed by atoms with Crippen LogP contribution in [0.3, 0.4) is 0 Å². The number of anilines is 1. The van der Waals surface area contributed by atoms with E-state index in [2.05, 4.69) is 10.6 Å². The molecule has 0 aromatic heterocycles. The van der Waals surface area contributed by atoms with Crippen LogP contribution in [0.15, 0.2) is 77.7 Å². The summed E-state index contributed by atoms with van der Waals surface area (Å²) >= 11 is 0. The minimum absolute atomic E-state index is 0.109. The highest BCUT2D eigenvalue weighted by Gasteiger charge is 2.26. The van der Waals surface area contributed by atoms with Gasteiger partial charge in [0.05, 0.1) is 10.9 Å². The number of carbonyl (C=O) groups is 2. The molecule has 0 aliphatic carbocycles. The Hall–Kier alpha value is -3.66. The molecule has 0 fully saturated rings. The van der Waals surface area contributed by atoms with Gasteiger partial charge in [-0.2, -0.15) is 8.78 Å². The minimum Gasteiger partial charge on any atom is -0.346 e. The van der Waals surface area contributed by atoms with Crippen molar-refractivity contribution in [2.45, 2.75) is 23.6 Å². The Kier molecular flexibility index (Phi) is 7.17. The number of hydrogen-bond donors (Lipinski definition) is 2. The summed E-state index contributed by atoms with van der Waals surface area (Å²) in [5.41, 5.74) is 1.63. The third-order valence-corrected chi connectivity index (χ3v) is 6.20. The minimum atomic E-state index is -4.73. The van der Waals surface area contributed by atoms with Crippen molar-refractivity contribution < 1.29 is 31.2 Å². The summed E-state index contributed by atoms with van der Waals surface area (Å²) in [4.78, 5) is 24.1. The van der Waals surface area contributed by atoms with E-state index in [-0.39, 0.29) is 5.56 Å². The fourth-order valence-corrected chi connectivity index (χ4v) is 3.64. The fraction of sp³-hybridized carbons (Fsp3) is 0.130. The molecule has 2 amide bonds. The number of sulfone groups is 1. The normalized spacial score (nSPS) is 12.3. The molecule has 3 rings (SSSR count). The zero-order valence-electron chi connectivity index (χ0n) is 17.3. The molecule has 3 aromatic carbocycles. The summed E-state index contributed by atoms with van der Waals surface area (Å²) in [5.74, 6) is -4.90. The van der Waals surface area contributed by atoms with E-state index in [1.54, 1.807) is 31.2 Å². The predicted molar refractivity (Wildman–Crippen MR) is 116 cm³/mol. The van der Waals surface area contributed by atoms with E-state index in [0.717, 1.165) is 29.8 Å². The maximum atomic E-state index is 13.0. The molecule has 10 heteroatoms. The van der Waals surface area contributed by atoms with Crippen LogP contribution >= 0.6 is 0 Å². The number of carbonyl (C=O) groups excluding carboxylic acids is 2. The highest BCUT2D eigenvalue weighted by Crippen LogP contribution is 2.20. The van der Waals surface area contributed by atoms with Crippen LogP contribution in [0.2, 0.25) is 0 Å². The van der Waals surface area contributed by atoms with Crippen LogP contribution < -0.4 is 10.6 Å². The van der Waals surface area contributed by atoms with E-state index in [4.69, 9.17) is 0 Å². The van der Waals surface area contributed by atoms with Gasteiger partial charge in [0, 0.05) is 16.8 Å². The molecule has 2 N–H and O–H groups in total. The van der Waals surface area contributed by atoms with Crippen LogP contribution in [-0.2, 0) is 9.84 Å². The van der Waals surface area contributed by atoms with Crippen molar-refractivity contribution in [1.82, 2.24) is 5.32 Å². The number of alkyl halides is 2. The number of hydrogen-bond acceptors (Lipinski definition) is 4. The number of rotatable bonds is 7. The molecular formula is C23H19F3N2O4S. The third-order valence-electron chi connectivity index (χ3n) is 4.80. The quantitative estimate of drug-likeness (QED) is 0.523. The van der Waals surface area contributed by atoms with Gasteiger partial charge in [0.2, 0.25) is 9.84 Å². The zero-order valence-corrected chi connectivity index (χ0v) is 18.1. The first kappa shape index (κ1) is 24.0. The summed E-state index contributed by atoms with van der Waals surface area (Å²) in [6.45, 7) is 1.72. The van der Waals surface area contributed by atoms with Gasteiger partial charge in [-0.15, -0.1) is 0 Å². The Bertz CT molecular complexity index is 1240. The molecule has 0 spiro atoms. The van der Waals surface area contributed by atoms with E-state index in [0.29, 0.717) is 11.3 Å². The molecule has 1 atom stereocenters. The SMILES string of the molecule is CC(NC(=O)c1ccc(S(=O)(=O)C(F)F)cc1)c1ccc(NC(=O)c2ccc(F)cc2)cc1. The van der Waals surface area contributed by atoms with Crippen LogP contribution in [0.5, 0.6) is 0 Å². The Morgan fingerprint density at radius 2 is 1.30 bits per heavy atom. The lowest BCUT2D eigenvalue weighted by Crippen LogP contribution is -2.26. The molecule has 0 bridgehead atoms. The highest BCUT2D eigenvalue weighted by atomic mass is 32.2. The number of nitrogens with one attached hydrogen (secondary N) is 2. The lowest BCUT2D eigenvalue weighted by molar-refractivity contribution is 0.0939. The molecule has 1 unspecified atom stereocenters. The largest absolute Gasteiger partial charge is 0.346 e. The van der Waals surface area contributed by atoms with E-state index in [9.17, 15) is 31.2 Å². The Morgan fingerprint density at radius 3 is 1.85 bits per heavy atom. The fourth-order valence-electron chi connectivity index (χ4n) is 2.92. The van der Waals surface area contributed by atoms with Crippen molar-refractivity contribution in [1.29, 1.82) is 0 Å². The van der Waals surface area contributed by atoms with Crippen LogP contribution in [0.1, 0.15) is 39.2 Å². The van der Waals surface area contributed by atoms with Crippen LogP contribution in [-0.4, -0.2) is 26.0 Å². The average Bonchev–Trinajstić information content (AvgIpc) is 2.79. The van der Waals surface area contributed by atoms with Gasteiger partial charge >= 0.3 is 5.76 Å². The highest BCUT2D eigenvalue weighted by molar-refractivity contribution is 7.91. The first-order valence-corrected chi connectivity index (χ1v) is 11.2. The first-order valence-electron chi connectivity index (χ1n) is 9.68. The Labute approximate surface area is 188 Å². The van der Waals surface area contributed by atoms with E-state index < -0.39 is 44.2 Å². The van der Waals surface area contributed by atoms with E-state index in [1.807, 2.05) is 0 Å². The van der Waals surface area contributed by atoms with Gasteiger partial charge in [-0.3, -0.25) is 9.59 Å². The average molecular weight is 476 g/mol. The van der Waals surface area contributed by atoms with Gasteiger partial charge in [0.1, 0.15) is 5.82 Å². The van der Waals surface area contributed by atoms with Crippen molar-refractivity contribution in [3.8, 4) is 0 Å². The Morgan fingerprint density at radius 1 is 0.788 bits per heavy atom. The Balaban J connectivity index is 1.62. The van der Waals surface area contributed by atoms with Crippen molar-refractivity contribution in [3.05, 3.63) is 95.3 Å². The second kappa shape index (κ2) is 9.86. The monoisotopic (exact) mass is 476 g/mol. The summed E-state index contributed by atoms with van der Waals surface area (Å²) < 4.78 is 61.1. The van der Waals surface area contributed by atoms with Gasteiger partial charge in [0.15, 0.2) is 0 Å². The summed E-state index contributed by atoms with van der Waals surface area (Å²) in [5, 5.41) is 5.41. The summed E-state index contributed by atoms with van der Waals surface area (Å²) in [6.07, 6.45) is 0. The molecule has 3 aromatic rings.